The quantitative estimate of drug-likeness (QED) is 0.0700. The topological polar surface area (TPSA) is 172 Å². The van der Waals surface area contributed by atoms with Gasteiger partial charge in [-0.25, -0.2) is 14.8 Å². The highest BCUT2D eigenvalue weighted by molar-refractivity contribution is 7.22. The maximum atomic E-state index is 13.7. The summed E-state index contributed by atoms with van der Waals surface area (Å²) in [6.07, 6.45) is 10.6. The molecule has 7 aromatic rings. The van der Waals surface area contributed by atoms with Crippen molar-refractivity contribution in [1.82, 2.24) is 30.0 Å². The number of amides is 3. The number of fused-ring (bicyclic) bond motifs is 3. The number of thiazole rings is 1. The summed E-state index contributed by atoms with van der Waals surface area (Å²) in [7, 11) is 1.96. The number of aromatic carboxylic acids is 1. The van der Waals surface area contributed by atoms with Crippen molar-refractivity contribution in [2.75, 3.05) is 36.4 Å². The minimum Gasteiger partial charge on any atom is -0.490 e. The average molecular weight is 985 g/mol. The van der Waals surface area contributed by atoms with Crippen LogP contribution in [0.2, 0.25) is 0 Å². The number of aryl methyl sites for hydroxylation is 1. The predicted molar refractivity (Wildman–Crippen MR) is 280 cm³/mol. The molecule has 15 heteroatoms. The summed E-state index contributed by atoms with van der Waals surface area (Å²) in [6.45, 7) is 6.24. The molecule has 4 aliphatic rings. The predicted octanol–water partition coefficient (Wildman–Crippen LogP) is 10.2. The number of hydrogen-bond donors (Lipinski definition) is 3. The maximum absolute atomic E-state index is 13.7. The highest BCUT2D eigenvalue weighted by Gasteiger charge is 2.34. The number of carboxylic acids is 1. The SMILES string of the molecule is Cc1c(OC2CCC(CCCCN3CC[C@H](c4cccc5c([C@H]6CCC(=O)NC6=O)nn(C)c45)C3)CC2)cccc1-c1ccc(N2CCc3cccc(C(=O)Nc4nc5ccccc5s4)c3C2)nc1C(=O)O. The Morgan fingerprint density at radius 3 is 2.53 bits per heavy atom. The van der Waals surface area contributed by atoms with Crippen molar-refractivity contribution < 1.29 is 29.0 Å². The van der Waals surface area contributed by atoms with E-state index >= 15 is 0 Å². The number of hydrogen-bond acceptors (Lipinski definition) is 11. The van der Waals surface area contributed by atoms with Gasteiger partial charge in [0.05, 0.1) is 33.4 Å². The Labute approximate surface area is 422 Å². The lowest BCUT2D eigenvalue weighted by Crippen LogP contribution is -2.39. The number of aromatic nitrogens is 4. The Bertz CT molecular complexity index is 3200. The van der Waals surface area contributed by atoms with Gasteiger partial charge in [0, 0.05) is 49.6 Å². The number of piperidine rings is 1. The van der Waals surface area contributed by atoms with Crippen LogP contribution >= 0.6 is 11.3 Å². The van der Waals surface area contributed by atoms with Crippen LogP contribution in [0.25, 0.3) is 32.2 Å². The fourth-order valence-corrected chi connectivity index (χ4v) is 12.7. The first-order valence-corrected chi connectivity index (χ1v) is 26.4. The van der Waals surface area contributed by atoms with Gasteiger partial charge in [0.1, 0.15) is 11.6 Å². The molecule has 3 aromatic heterocycles. The van der Waals surface area contributed by atoms with Crippen LogP contribution in [0.15, 0.2) is 91.0 Å². The Morgan fingerprint density at radius 2 is 1.69 bits per heavy atom. The summed E-state index contributed by atoms with van der Waals surface area (Å²) >= 11 is 1.44. The zero-order valence-corrected chi connectivity index (χ0v) is 41.7. The number of likely N-dealkylation sites (tertiary alicyclic amines) is 1. The Morgan fingerprint density at radius 1 is 0.861 bits per heavy atom. The van der Waals surface area contributed by atoms with Crippen LogP contribution in [0.3, 0.4) is 0 Å². The molecule has 14 nitrogen and oxygen atoms in total. The number of nitrogens with one attached hydrogen (secondary N) is 2. The summed E-state index contributed by atoms with van der Waals surface area (Å²) in [6, 6.07) is 29.6. The molecule has 11 rings (SSSR count). The number of carbonyl (C=O) groups is 4. The van der Waals surface area contributed by atoms with Crippen molar-refractivity contribution in [3.05, 3.63) is 130 Å². The third kappa shape index (κ3) is 9.59. The van der Waals surface area contributed by atoms with Gasteiger partial charge in [0.15, 0.2) is 10.8 Å². The van der Waals surface area contributed by atoms with Crippen molar-refractivity contribution in [2.45, 2.75) is 102 Å². The Balaban J connectivity index is 0.670. The molecule has 0 bridgehead atoms. The van der Waals surface area contributed by atoms with Gasteiger partial charge < -0.3 is 19.6 Å². The fourth-order valence-electron chi connectivity index (χ4n) is 11.8. The molecule has 0 unspecified atom stereocenters. The van der Waals surface area contributed by atoms with Crippen LogP contribution in [-0.2, 0) is 29.6 Å². The molecule has 2 saturated heterocycles. The summed E-state index contributed by atoms with van der Waals surface area (Å²) in [5.74, 6) is 0.238. The smallest absolute Gasteiger partial charge is 0.355 e. The number of para-hydroxylation sites is 2. The fraction of sp³-hybridized carbons (Fsp3) is 0.386. The first-order valence-electron chi connectivity index (χ1n) is 25.6. The molecule has 3 amide bonds. The Kier molecular flexibility index (Phi) is 13.3. The summed E-state index contributed by atoms with van der Waals surface area (Å²) in [5.41, 5.74) is 8.77. The number of unbranched alkanes of at least 4 members (excludes halogenated alkanes) is 1. The first-order chi connectivity index (χ1) is 35.0. The van der Waals surface area contributed by atoms with Crippen LogP contribution in [-0.4, -0.2) is 85.7 Å². The van der Waals surface area contributed by atoms with Gasteiger partial charge in [-0.1, -0.05) is 78.8 Å². The van der Waals surface area contributed by atoms with Gasteiger partial charge >= 0.3 is 5.97 Å². The van der Waals surface area contributed by atoms with Crippen molar-refractivity contribution in [3.8, 4) is 16.9 Å². The number of pyridine rings is 1. The lowest BCUT2D eigenvalue weighted by atomic mass is 9.84. The van der Waals surface area contributed by atoms with Crippen LogP contribution in [0.4, 0.5) is 10.9 Å². The lowest BCUT2D eigenvalue weighted by molar-refractivity contribution is -0.134. The summed E-state index contributed by atoms with van der Waals surface area (Å²) in [4.78, 5) is 65.1. The van der Waals surface area contributed by atoms with E-state index in [0.29, 0.717) is 66.3 Å². The normalized spacial score (nSPS) is 20.4. The van der Waals surface area contributed by atoms with E-state index in [0.717, 1.165) is 107 Å². The number of nitrogens with zero attached hydrogens (tertiary/aromatic N) is 6. The molecule has 3 fully saturated rings. The van der Waals surface area contributed by atoms with Gasteiger partial charge in [0.2, 0.25) is 11.8 Å². The molecule has 3 aliphatic heterocycles. The highest BCUT2D eigenvalue weighted by atomic mass is 32.1. The number of ether oxygens (including phenoxy) is 1. The molecule has 1 saturated carbocycles. The zero-order chi connectivity index (χ0) is 49.5. The molecule has 0 spiro atoms. The summed E-state index contributed by atoms with van der Waals surface area (Å²) in [5, 5.41) is 22.4. The van der Waals surface area contributed by atoms with Gasteiger partial charge in [-0.3, -0.25) is 29.7 Å². The molecule has 2 atom stereocenters. The lowest BCUT2D eigenvalue weighted by Gasteiger charge is -2.31. The molecule has 1 aliphatic carbocycles. The van der Waals surface area contributed by atoms with E-state index in [2.05, 4.69) is 43.6 Å². The minimum absolute atomic E-state index is 0.0186. The molecule has 0 radical (unpaired) electrons. The van der Waals surface area contributed by atoms with Gasteiger partial charge in [-0.05, 0) is 147 Å². The van der Waals surface area contributed by atoms with Crippen LogP contribution in [0.1, 0.15) is 125 Å². The monoisotopic (exact) mass is 984 g/mol. The second-order valence-corrected chi connectivity index (χ2v) is 21.2. The van der Waals surface area contributed by atoms with Crippen molar-refractivity contribution >= 4 is 67.1 Å². The van der Waals surface area contributed by atoms with Gasteiger partial charge in [0.25, 0.3) is 5.91 Å². The van der Waals surface area contributed by atoms with Crippen molar-refractivity contribution in [3.63, 3.8) is 0 Å². The van der Waals surface area contributed by atoms with Crippen molar-refractivity contribution in [2.24, 2.45) is 13.0 Å². The van der Waals surface area contributed by atoms with Crippen LogP contribution in [0.5, 0.6) is 5.75 Å². The molecular formula is C57H60N8O6S. The van der Waals surface area contributed by atoms with E-state index in [1.165, 1.54) is 36.2 Å². The highest BCUT2D eigenvalue weighted by Crippen LogP contribution is 2.39. The third-order valence-corrected chi connectivity index (χ3v) is 16.6. The number of anilines is 2. The van der Waals surface area contributed by atoms with Crippen LogP contribution < -0.4 is 20.3 Å². The number of benzene rings is 4. The van der Waals surface area contributed by atoms with E-state index < -0.39 is 11.9 Å². The largest absolute Gasteiger partial charge is 0.490 e. The van der Waals surface area contributed by atoms with Gasteiger partial charge in [-0.15, -0.1) is 0 Å². The first kappa shape index (κ1) is 47.4. The van der Waals surface area contributed by atoms with Crippen molar-refractivity contribution in [1.29, 1.82) is 0 Å². The molecule has 6 heterocycles. The third-order valence-electron chi connectivity index (χ3n) is 15.6. The molecule has 4 aromatic carbocycles. The number of carboxylic acid groups (broad SMARTS) is 1. The maximum Gasteiger partial charge on any atom is 0.355 e. The van der Waals surface area contributed by atoms with E-state index in [-0.39, 0.29) is 29.5 Å². The number of imide groups is 1. The van der Waals surface area contributed by atoms with E-state index in [4.69, 9.17) is 14.8 Å². The Hall–Kier alpha value is -6.97. The molecule has 3 N–H and O–H groups in total. The summed E-state index contributed by atoms with van der Waals surface area (Å²) < 4.78 is 9.63. The van der Waals surface area contributed by atoms with E-state index in [9.17, 15) is 24.3 Å². The second kappa shape index (κ2) is 20.3. The van der Waals surface area contributed by atoms with E-state index in [1.54, 1.807) is 0 Å². The average Bonchev–Trinajstić information content (AvgIpc) is 4.13. The minimum atomic E-state index is -1.10. The van der Waals surface area contributed by atoms with Crippen LogP contribution in [0, 0.1) is 12.8 Å². The van der Waals surface area contributed by atoms with Gasteiger partial charge in [-0.2, -0.15) is 5.10 Å². The number of rotatable bonds is 14. The second-order valence-electron chi connectivity index (χ2n) is 20.2. The standard InChI is InChI=1S/C57H60N8O6S/c1-34-39(41-23-25-49(59-52(41)56(69)70)65-31-28-36-11-7-14-42(45(36)33-65)54(67)61-57-58-46-16-3-4-18-48(46)72-57)12-9-17-47(34)71-38-21-19-35(20-22-38)10-5-6-29-64-30-27-37(32-64)40-13-8-15-43-51(62-63(2)53(40)43)44-24-26-50(66)60-55(44)68/h3-4,7-9,11-18,23,25,35,37-38,44H,5-6,10,19-22,24,26-33H2,1-2H3,(H,69,70)(H,58,61,67)(H,60,66,68)/t35?,37-,38?,44+/m0/s1. The zero-order valence-electron chi connectivity index (χ0n) is 40.9. The molecular weight excluding hydrogens is 925 g/mol. The van der Waals surface area contributed by atoms with E-state index in [1.807, 2.05) is 91.4 Å². The number of carbonyl (C=O) groups excluding carboxylic acids is 3. The molecule has 72 heavy (non-hydrogen) atoms. The molecule has 370 valence electrons.